The molecular weight excluding hydrogens is 326 g/mol. The number of nitrogens with one attached hydrogen (secondary N) is 1. The predicted molar refractivity (Wildman–Crippen MR) is 104 cm³/mol. The summed E-state index contributed by atoms with van der Waals surface area (Å²) < 4.78 is 0. The molecule has 3 aromatic rings. The van der Waals surface area contributed by atoms with Crippen molar-refractivity contribution in [2.75, 3.05) is 25.0 Å². The molecule has 0 bridgehead atoms. The molecule has 5 heteroatoms. The summed E-state index contributed by atoms with van der Waals surface area (Å²) in [6.07, 6.45) is 3.90. The Morgan fingerprint density at radius 1 is 1.04 bits per heavy atom. The Hall–Kier alpha value is -2.76. The summed E-state index contributed by atoms with van der Waals surface area (Å²) in [6.45, 7) is 1.82. The Bertz CT molecular complexity index is 847. The summed E-state index contributed by atoms with van der Waals surface area (Å²) in [5.74, 6) is -0.0320. The molecule has 0 atom stereocenters. The number of aliphatic hydroxyl groups excluding tert-OH is 1. The standard InChI is InChI=1S/C21H23N3O2/c25-14-13-24(16-17-5-4-11-22-15-17)12-10-21(26)23-20-9-3-7-18-6-1-2-8-19(18)20/h1-9,11,15,25H,10,12-14,16H2,(H,23,26). The van der Waals surface area contributed by atoms with Crippen molar-refractivity contribution in [1.29, 1.82) is 0 Å². The summed E-state index contributed by atoms with van der Waals surface area (Å²) >= 11 is 0. The largest absolute Gasteiger partial charge is 0.395 e. The van der Waals surface area contributed by atoms with E-state index in [2.05, 4.69) is 15.2 Å². The number of aromatic nitrogens is 1. The van der Waals surface area contributed by atoms with Crippen molar-refractivity contribution in [3.05, 3.63) is 72.6 Å². The van der Waals surface area contributed by atoms with E-state index in [4.69, 9.17) is 0 Å². The molecule has 0 saturated carbocycles. The molecule has 134 valence electrons. The first-order valence-corrected chi connectivity index (χ1v) is 8.76. The highest BCUT2D eigenvalue weighted by Gasteiger charge is 2.10. The molecule has 0 aliphatic rings. The monoisotopic (exact) mass is 349 g/mol. The molecule has 2 N–H and O–H groups in total. The minimum absolute atomic E-state index is 0.0320. The van der Waals surface area contributed by atoms with Crippen LogP contribution in [-0.4, -0.2) is 40.6 Å². The fourth-order valence-electron chi connectivity index (χ4n) is 2.97. The van der Waals surface area contributed by atoms with Crippen LogP contribution in [0.1, 0.15) is 12.0 Å². The summed E-state index contributed by atoms with van der Waals surface area (Å²) in [7, 11) is 0. The van der Waals surface area contributed by atoms with Crippen molar-refractivity contribution >= 4 is 22.4 Å². The van der Waals surface area contributed by atoms with E-state index in [1.54, 1.807) is 12.4 Å². The number of hydrogen-bond acceptors (Lipinski definition) is 4. The third-order valence-corrected chi connectivity index (χ3v) is 4.26. The summed E-state index contributed by atoms with van der Waals surface area (Å²) in [5, 5.41) is 14.4. The van der Waals surface area contributed by atoms with Crippen LogP contribution in [0.25, 0.3) is 10.8 Å². The number of carbonyl (C=O) groups is 1. The second kappa shape index (κ2) is 9.08. The molecule has 0 fully saturated rings. The molecule has 0 aliphatic heterocycles. The molecule has 26 heavy (non-hydrogen) atoms. The average Bonchev–Trinajstić information content (AvgIpc) is 2.67. The van der Waals surface area contributed by atoms with Crippen LogP contribution in [0.2, 0.25) is 0 Å². The maximum Gasteiger partial charge on any atom is 0.225 e. The number of fused-ring (bicyclic) bond motifs is 1. The Morgan fingerprint density at radius 3 is 2.69 bits per heavy atom. The summed E-state index contributed by atoms with van der Waals surface area (Å²) in [5.41, 5.74) is 1.89. The molecule has 5 nitrogen and oxygen atoms in total. The van der Waals surface area contributed by atoms with Crippen LogP contribution in [-0.2, 0) is 11.3 Å². The zero-order valence-electron chi connectivity index (χ0n) is 14.6. The van der Waals surface area contributed by atoms with Crippen molar-refractivity contribution in [2.45, 2.75) is 13.0 Å². The van der Waals surface area contributed by atoms with Gasteiger partial charge >= 0.3 is 0 Å². The van der Waals surface area contributed by atoms with E-state index in [1.165, 1.54) is 0 Å². The first-order valence-electron chi connectivity index (χ1n) is 8.76. The van der Waals surface area contributed by atoms with E-state index >= 15 is 0 Å². The lowest BCUT2D eigenvalue weighted by molar-refractivity contribution is -0.116. The van der Waals surface area contributed by atoms with E-state index in [0.717, 1.165) is 22.0 Å². The minimum atomic E-state index is -0.0320. The number of anilines is 1. The molecule has 0 spiro atoms. The highest BCUT2D eigenvalue weighted by molar-refractivity contribution is 6.02. The molecule has 0 saturated heterocycles. The normalized spacial score (nSPS) is 11.0. The number of carbonyl (C=O) groups excluding carboxylic acids is 1. The second-order valence-electron chi connectivity index (χ2n) is 6.19. The number of pyridine rings is 1. The van der Waals surface area contributed by atoms with Gasteiger partial charge in [-0.1, -0.05) is 42.5 Å². The SMILES string of the molecule is O=C(CCN(CCO)Cc1cccnc1)Nc1cccc2ccccc12. The second-order valence-corrected chi connectivity index (χ2v) is 6.19. The minimum Gasteiger partial charge on any atom is -0.395 e. The molecule has 1 aromatic heterocycles. The van der Waals surface area contributed by atoms with E-state index in [-0.39, 0.29) is 12.5 Å². The van der Waals surface area contributed by atoms with Crippen LogP contribution in [0.3, 0.4) is 0 Å². The molecule has 0 aliphatic carbocycles. The van der Waals surface area contributed by atoms with Crippen LogP contribution in [0, 0.1) is 0 Å². The van der Waals surface area contributed by atoms with E-state index in [9.17, 15) is 9.90 Å². The van der Waals surface area contributed by atoms with Gasteiger partial charge in [0.1, 0.15) is 0 Å². The van der Waals surface area contributed by atoms with Crippen LogP contribution in [0.15, 0.2) is 67.0 Å². The summed E-state index contributed by atoms with van der Waals surface area (Å²) in [6, 6.07) is 17.8. The van der Waals surface area contributed by atoms with E-state index < -0.39 is 0 Å². The van der Waals surface area contributed by atoms with Gasteiger partial charge in [0.25, 0.3) is 0 Å². The highest BCUT2D eigenvalue weighted by atomic mass is 16.3. The topological polar surface area (TPSA) is 65.5 Å². The Kier molecular flexibility index (Phi) is 6.30. The van der Waals surface area contributed by atoms with Gasteiger partial charge in [0.15, 0.2) is 0 Å². The quantitative estimate of drug-likeness (QED) is 0.656. The molecule has 1 amide bonds. The third kappa shape index (κ3) is 4.88. The molecule has 3 rings (SSSR count). The van der Waals surface area contributed by atoms with Gasteiger partial charge in [0.05, 0.1) is 6.61 Å². The zero-order chi connectivity index (χ0) is 18.2. The van der Waals surface area contributed by atoms with Gasteiger partial charge in [-0.05, 0) is 23.1 Å². The lowest BCUT2D eigenvalue weighted by Crippen LogP contribution is -2.30. The zero-order valence-corrected chi connectivity index (χ0v) is 14.6. The van der Waals surface area contributed by atoms with Gasteiger partial charge in [0.2, 0.25) is 5.91 Å². The first kappa shape index (κ1) is 18.0. The van der Waals surface area contributed by atoms with E-state index in [1.807, 2.05) is 54.6 Å². The van der Waals surface area contributed by atoms with Crippen molar-refractivity contribution in [3.63, 3.8) is 0 Å². The number of hydrogen-bond donors (Lipinski definition) is 2. The fourth-order valence-corrected chi connectivity index (χ4v) is 2.97. The van der Waals surface area contributed by atoms with Crippen molar-refractivity contribution in [2.24, 2.45) is 0 Å². The van der Waals surface area contributed by atoms with Crippen LogP contribution in [0.4, 0.5) is 5.69 Å². The number of rotatable bonds is 8. The Balaban J connectivity index is 1.59. The highest BCUT2D eigenvalue weighted by Crippen LogP contribution is 2.23. The van der Waals surface area contributed by atoms with Gasteiger partial charge in [-0.3, -0.25) is 14.7 Å². The lowest BCUT2D eigenvalue weighted by Gasteiger charge is -2.21. The van der Waals surface area contributed by atoms with Gasteiger partial charge < -0.3 is 10.4 Å². The number of nitrogens with zero attached hydrogens (tertiary/aromatic N) is 2. The number of amides is 1. The molecule has 0 unspecified atom stereocenters. The Morgan fingerprint density at radius 2 is 1.88 bits per heavy atom. The molecular formula is C21H23N3O2. The van der Waals surface area contributed by atoms with Crippen LogP contribution in [0.5, 0.6) is 0 Å². The van der Waals surface area contributed by atoms with Gasteiger partial charge in [-0.25, -0.2) is 0 Å². The van der Waals surface area contributed by atoms with Gasteiger partial charge in [0, 0.05) is 49.5 Å². The maximum absolute atomic E-state index is 12.4. The first-order chi connectivity index (χ1) is 12.8. The predicted octanol–water partition coefficient (Wildman–Crippen LogP) is 3.06. The van der Waals surface area contributed by atoms with Crippen LogP contribution < -0.4 is 5.32 Å². The van der Waals surface area contributed by atoms with E-state index in [0.29, 0.717) is 26.1 Å². The molecule has 0 radical (unpaired) electrons. The van der Waals surface area contributed by atoms with Gasteiger partial charge in [-0.15, -0.1) is 0 Å². The third-order valence-electron chi connectivity index (χ3n) is 4.26. The van der Waals surface area contributed by atoms with Crippen molar-refractivity contribution in [3.8, 4) is 0 Å². The smallest absolute Gasteiger partial charge is 0.225 e. The molecule has 1 heterocycles. The fraction of sp³-hybridized carbons (Fsp3) is 0.238. The van der Waals surface area contributed by atoms with Crippen molar-refractivity contribution < 1.29 is 9.90 Å². The van der Waals surface area contributed by atoms with Crippen LogP contribution >= 0.6 is 0 Å². The average molecular weight is 349 g/mol. The molecule has 2 aromatic carbocycles. The maximum atomic E-state index is 12.4. The lowest BCUT2D eigenvalue weighted by atomic mass is 10.1. The van der Waals surface area contributed by atoms with Crippen molar-refractivity contribution in [1.82, 2.24) is 9.88 Å². The number of benzene rings is 2. The summed E-state index contributed by atoms with van der Waals surface area (Å²) in [4.78, 5) is 18.6. The van der Waals surface area contributed by atoms with Gasteiger partial charge in [-0.2, -0.15) is 0 Å². The number of aliphatic hydroxyl groups is 1. The Labute approximate surface area is 153 Å².